The van der Waals surface area contributed by atoms with E-state index >= 15 is 0 Å². The lowest BCUT2D eigenvalue weighted by Crippen LogP contribution is -2.19. The molecule has 1 heterocycles. The molecule has 1 N–H and O–H groups in total. The number of nitro groups is 1. The zero-order chi connectivity index (χ0) is 13.9. The molecule has 0 aliphatic rings. The number of pyridine rings is 1. The first kappa shape index (κ1) is 14.0. The second kappa shape index (κ2) is 5.04. The maximum absolute atomic E-state index is 12.1. The van der Waals surface area contributed by atoms with E-state index in [4.69, 9.17) is 5.11 Å². The summed E-state index contributed by atoms with van der Waals surface area (Å²) in [6.45, 7) is -0.948. The van der Waals surface area contributed by atoms with Gasteiger partial charge in [-0.3, -0.25) is 15.1 Å². The number of halogens is 3. The number of methoxy groups -OCH3 is 1. The van der Waals surface area contributed by atoms with Crippen LogP contribution in [0.2, 0.25) is 0 Å². The van der Waals surface area contributed by atoms with Crippen LogP contribution in [-0.4, -0.2) is 28.5 Å². The Labute approximate surface area is 97.9 Å². The van der Waals surface area contributed by atoms with Crippen LogP contribution >= 0.6 is 0 Å². The van der Waals surface area contributed by atoms with Gasteiger partial charge in [0.1, 0.15) is 5.69 Å². The molecule has 10 heteroatoms. The van der Waals surface area contributed by atoms with Gasteiger partial charge in [0.05, 0.1) is 24.8 Å². The molecule has 0 amide bonds. The Kier molecular flexibility index (Phi) is 3.91. The number of nitrogens with zero attached hydrogens (tertiary/aromatic N) is 2. The van der Waals surface area contributed by atoms with Crippen molar-refractivity contribution < 1.29 is 32.7 Å². The summed E-state index contributed by atoms with van der Waals surface area (Å²) in [5, 5.41) is 19.5. The van der Waals surface area contributed by atoms with Crippen molar-refractivity contribution in [2.75, 3.05) is 7.11 Å². The first-order chi connectivity index (χ1) is 8.30. The zero-order valence-corrected chi connectivity index (χ0v) is 8.89. The molecule has 0 unspecified atom stereocenters. The Bertz CT molecular complexity index is 463. The molecule has 0 saturated heterocycles. The minimum absolute atomic E-state index is 0.503. The molecule has 0 bridgehead atoms. The summed E-state index contributed by atoms with van der Waals surface area (Å²) < 4.78 is 44.5. The van der Waals surface area contributed by atoms with Crippen molar-refractivity contribution in [3.8, 4) is 11.5 Å². The molecule has 18 heavy (non-hydrogen) atoms. The third kappa shape index (κ3) is 2.97. The second-order valence-corrected chi connectivity index (χ2v) is 2.91. The number of rotatable bonds is 4. The van der Waals surface area contributed by atoms with Crippen molar-refractivity contribution >= 4 is 5.69 Å². The largest absolute Gasteiger partial charge is 0.573 e. The van der Waals surface area contributed by atoms with E-state index in [1.165, 1.54) is 0 Å². The van der Waals surface area contributed by atoms with Gasteiger partial charge in [0.15, 0.2) is 0 Å². The number of aromatic nitrogens is 1. The minimum Gasteiger partial charge on any atom is -0.489 e. The predicted molar refractivity (Wildman–Crippen MR) is 50.0 cm³/mol. The van der Waals surface area contributed by atoms with Gasteiger partial charge in [-0.1, -0.05) is 0 Å². The van der Waals surface area contributed by atoms with Crippen LogP contribution in [0.1, 0.15) is 5.69 Å². The summed E-state index contributed by atoms with van der Waals surface area (Å²) >= 11 is 0. The van der Waals surface area contributed by atoms with Crippen molar-refractivity contribution in [2.45, 2.75) is 13.0 Å². The van der Waals surface area contributed by atoms with Gasteiger partial charge in [0, 0.05) is 0 Å². The third-order valence-corrected chi connectivity index (χ3v) is 1.82. The van der Waals surface area contributed by atoms with Crippen molar-refractivity contribution in [2.24, 2.45) is 0 Å². The van der Waals surface area contributed by atoms with Crippen LogP contribution in [0.25, 0.3) is 0 Å². The Morgan fingerprint density at radius 3 is 2.56 bits per heavy atom. The molecule has 0 aliphatic heterocycles. The summed E-state index contributed by atoms with van der Waals surface area (Å²) in [4.78, 5) is 13.0. The number of hydrogen-bond acceptors (Lipinski definition) is 6. The molecule has 0 fully saturated rings. The summed E-state index contributed by atoms with van der Waals surface area (Å²) in [6.07, 6.45) is -4.32. The Hall–Kier alpha value is -2.10. The van der Waals surface area contributed by atoms with E-state index in [0.717, 1.165) is 13.3 Å². The standard InChI is InChI=1S/C8H7F3N2O5/c1-17-5-2-12-4(3-14)7(6(5)13(15)16)18-8(9,10)11/h2,14H,3H2,1H3. The van der Waals surface area contributed by atoms with Crippen LogP contribution < -0.4 is 9.47 Å². The quantitative estimate of drug-likeness (QED) is 0.655. The molecular formula is C8H7F3N2O5. The number of alkyl halides is 3. The average molecular weight is 268 g/mol. The van der Waals surface area contributed by atoms with E-state index in [9.17, 15) is 23.3 Å². The number of aliphatic hydroxyl groups excluding tert-OH is 1. The number of ether oxygens (including phenoxy) is 2. The van der Waals surface area contributed by atoms with Crippen LogP contribution in [0.15, 0.2) is 6.20 Å². The Balaban J connectivity index is 3.45. The van der Waals surface area contributed by atoms with Crippen LogP contribution in [0, 0.1) is 10.1 Å². The number of aliphatic hydroxyl groups is 1. The van der Waals surface area contributed by atoms with E-state index in [1.807, 2.05) is 0 Å². The minimum atomic E-state index is -5.15. The lowest BCUT2D eigenvalue weighted by Gasteiger charge is -2.13. The third-order valence-electron chi connectivity index (χ3n) is 1.82. The molecular weight excluding hydrogens is 261 g/mol. The fourth-order valence-corrected chi connectivity index (χ4v) is 1.16. The molecule has 0 aliphatic carbocycles. The molecule has 1 aromatic rings. The Morgan fingerprint density at radius 1 is 1.56 bits per heavy atom. The molecule has 7 nitrogen and oxygen atoms in total. The first-order valence-corrected chi connectivity index (χ1v) is 4.37. The van der Waals surface area contributed by atoms with E-state index in [0.29, 0.717) is 0 Å². The van der Waals surface area contributed by atoms with Gasteiger partial charge >= 0.3 is 12.0 Å². The van der Waals surface area contributed by atoms with Crippen LogP contribution in [0.3, 0.4) is 0 Å². The maximum atomic E-state index is 12.1. The lowest BCUT2D eigenvalue weighted by molar-refractivity contribution is -0.389. The maximum Gasteiger partial charge on any atom is 0.573 e. The summed E-state index contributed by atoms with van der Waals surface area (Å²) in [7, 11) is 1.03. The summed E-state index contributed by atoms with van der Waals surface area (Å²) in [6, 6.07) is 0. The monoisotopic (exact) mass is 268 g/mol. The molecule has 100 valence electrons. The molecule has 0 saturated carbocycles. The highest BCUT2D eigenvalue weighted by Crippen LogP contribution is 2.40. The van der Waals surface area contributed by atoms with Crippen molar-refractivity contribution in [3.05, 3.63) is 22.0 Å². The highest BCUT2D eigenvalue weighted by molar-refractivity contribution is 5.58. The van der Waals surface area contributed by atoms with E-state index in [-0.39, 0.29) is 0 Å². The van der Waals surface area contributed by atoms with Crippen molar-refractivity contribution in [1.29, 1.82) is 0 Å². The molecule has 0 spiro atoms. The molecule has 1 rings (SSSR count). The van der Waals surface area contributed by atoms with Gasteiger partial charge in [-0.2, -0.15) is 0 Å². The van der Waals surface area contributed by atoms with Crippen molar-refractivity contribution in [1.82, 2.24) is 4.98 Å². The highest BCUT2D eigenvalue weighted by atomic mass is 19.4. The van der Waals surface area contributed by atoms with Gasteiger partial charge < -0.3 is 14.6 Å². The van der Waals surface area contributed by atoms with Gasteiger partial charge in [-0.25, -0.2) is 0 Å². The molecule has 0 atom stereocenters. The Morgan fingerprint density at radius 2 is 2.17 bits per heavy atom. The van der Waals surface area contributed by atoms with E-state index in [2.05, 4.69) is 14.5 Å². The van der Waals surface area contributed by atoms with Crippen molar-refractivity contribution in [3.63, 3.8) is 0 Å². The summed E-state index contributed by atoms with van der Waals surface area (Å²) in [5.74, 6) is -1.69. The van der Waals surface area contributed by atoms with Gasteiger partial charge in [0.25, 0.3) is 0 Å². The highest BCUT2D eigenvalue weighted by Gasteiger charge is 2.38. The van der Waals surface area contributed by atoms with Crippen LogP contribution in [0.5, 0.6) is 11.5 Å². The fraction of sp³-hybridized carbons (Fsp3) is 0.375. The average Bonchev–Trinajstić information content (AvgIpc) is 2.25. The topological polar surface area (TPSA) is 94.7 Å². The van der Waals surface area contributed by atoms with Crippen LogP contribution in [0.4, 0.5) is 18.9 Å². The normalized spacial score (nSPS) is 11.2. The summed E-state index contributed by atoms with van der Waals surface area (Å²) in [5.41, 5.74) is -1.66. The molecule has 0 aromatic carbocycles. The SMILES string of the molecule is COc1cnc(CO)c(OC(F)(F)F)c1[N+](=O)[O-]. The smallest absolute Gasteiger partial charge is 0.489 e. The molecule has 1 aromatic heterocycles. The molecule has 0 radical (unpaired) electrons. The van der Waals surface area contributed by atoms with Gasteiger partial charge in [0.2, 0.25) is 11.5 Å². The van der Waals surface area contributed by atoms with E-state index < -0.39 is 40.8 Å². The van der Waals surface area contributed by atoms with Crippen LogP contribution in [-0.2, 0) is 6.61 Å². The van der Waals surface area contributed by atoms with Gasteiger partial charge in [-0.05, 0) is 0 Å². The number of hydrogen-bond donors (Lipinski definition) is 1. The van der Waals surface area contributed by atoms with E-state index in [1.54, 1.807) is 0 Å². The van der Waals surface area contributed by atoms with Gasteiger partial charge in [-0.15, -0.1) is 13.2 Å². The first-order valence-electron chi connectivity index (χ1n) is 4.37. The fourth-order valence-electron chi connectivity index (χ4n) is 1.16. The lowest BCUT2D eigenvalue weighted by atomic mass is 10.2. The zero-order valence-electron chi connectivity index (χ0n) is 8.89. The second-order valence-electron chi connectivity index (χ2n) is 2.91. The predicted octanol–water partition coefficient (Wildman–Crippen LogP) is 1.39.